The van der Waals surface area contributed by atoms with Crippen molar-refractivity contribution in [3.05, 3.63) is 28.2 Å². The second-order valence-corrected chi connectivity index (χ2v) is 5.75. The van der Waals surface area contributed by atoms with E-state index in [0.717, 1.165) is 12.8 Å². The van der Waals surface area contributed by atoms with E-state index in [1.54, 1.807) is 18.2 Å². The molecule has 1 atom stereocenters. The van der Waals surface area contributed by atoms with Gasteiger partial charge in [-0.1, -0.05) is 23.2 Å². The molecule has 1 aliphatic heterocycles. The van der Waals surface area contributed by atoms with Gasteiger partial charge in [-0.3, -0.25) is 14.5 Å². The molecule has 0 bridgehead atoms. The number of carbonyl (C=O) groups excluding carboxylic acids is 2. The minimum absolute atomic E-state index is 0.00338. The molecule has 3 rings (SSSR count). The number of rotatable bonds is 2. The molecule has 1 aromatic carbocycles. The number of nitrogens with one attached hydrogen (secondary N) is 1. The minimum Gasteiger partial charge on any atom is -0.342 e. The Hall–Kier alpha value is -1.26. The van der Waals surface area contributed by atoms with Gasteiger partial charge in [-0.05, 0) is 37.0 Å². The van der Waals surface area contributed by atoms with Crippen LogP contribution in [0.1, 0.15) is 12.8 Å². The number of anilines is 1. The lowest BCUT2D eigenvalue weighted by molar-refractivity contribution is -0.131. The van der Waals surface area contributed by atoms with Crippen molar-refractivity contribution in [3.8, 4) is 0 Å². The molecule has 1 unspecified atom stereocenters. The van der Waals surface area contributed by atoms with Gasteiger partial charge in [-0.15, -0.1) is 0 Å². The van der Waals surface area contributed by atoms with Gasteiger partial charge in [-0.2, -0.15) is 0 Å². The van der Waals surface area contributed by atoms with Crippen molar-refractivity contribution >= 4 is 40.7 Å². The summed E-state index contributed by atoms with van der Waals surface area (Å²) >= 11 is 12.0. The normalized spacial score (nSPS) is 23.5. The first kappa shape index (κ1) is 12.8. The van der Waals surface area contributed by atoms with Crippen LogP contribution in [0.15, 0.2) is 18.2 Å². The Labute approximate surface area is 120 Å². The molecule has 0 spiro atoms. The molecule has 1 aromatic rings. The summed E-state index contributed by atoms with van der Waals surface area (Å²) in [5, 5.41) is 3.64. The van der Waals surface area contributed by atoms with E-state index in [1.165, 1.54) is 4.90 Å². The summed E-state index contributed by atoms with van der Waals surface area (Å²) in [6, 6.07) is 4.50. The van der Waals surface area contributed by atoms with E-state index in [-0.39, 0.29) is 24.3 Å². The number of carbonyl (C=O) groups is 2. The molecular formula is C13H12Cl2N2O2. The summed E-state index contributed by atoms with van der Waals surface area (Å²) in [7, 11) is 0. The van der Waals surface area contributed by atoms with Gasteiger partial charge in [-0.25, -0.2) is 0 Å². The zero-order valence-electron chi connectivity index (χ0n) is 10.0. The van der Waals surface area contributed by atoms with Crippen molar-refractivity contribution in [1.29, 1.82) is 0 Å². The van der Waals surface area contributed by atoms with Crippen LogP contribution in [0.25, 0.3) is 0 Å². The number of benzene rings is 1. The fourth-order valence-corrected chi connectivity index (χ4v) is 2.83. The average molecular weight is 299 g/mol. The van der Waals surface area contributed by atoms with Crippen LogP contribution in [0.5, 0.6) is 0 Å². The van der Waals surface area contributed by atoms with Crippen LogP contribution in [-0.2, 0) is 9.59 Å². The Morgan fingerprint density at radius 3 is 2.58 bits per heavy atom. The van der Waals surface area contributed by atoms with E-state index in [0.29, 0.717) is 15.7 Å². The lowest BCUT2D eigenvalue weighted by atomic mass is 10.1. The highest BCUT2D eigenvalue weighted by molar-refractivity contribution is 6.37. The maximum Gasteiger partial charge on any atom is 0.250 e. The van der Waals surface area contributed by atoms with Gasteiger partial charge in [0.1, 0.15) is 12.6 Å². The highest BCUT2D eigenvalue weighted by Gasteiger charge is 2.43. The van der Waals surface area contributed by atoms with E-state index in [1.807, 2.05) is 0 Å². The molecule has 1 saturated heterocycles. The second-order valence-electron chi connectivity index (χ2n) is 4.90. The maximum absolute atomic E-state index is 12.4. The van der Waals surface area contributed by atoms with Crippen molar-refractivity contribution in [3.63, 3.8) is 0 Å². The van der Waals surface area contributed by atoms with Gasteiger partial charge < -0.3 is 5.32 Å². The van der Waals surface area contributed by atoms with Crippen molar-refractivity contribution in [1.82, 2.24) is 5.32 Å². The van der Waals surface area contributed by atoms with E-state index < -0.39 is 6.04 Å². The molecule has 2 aliphatic rings. The fourth-order valence-electron chi connectivity index (χ4n) is 2.32. The quantitative estimate of drug-likeness (QED) is 0.910. The fraction of sp³-hybridized carbons (Fsp3) is 0.385. The molecule has 1 aliphatic carbocycles. The van der Waals surface area contributed by atoms with E-state index >= 15 is 0 Å². The first-order valence-electron chi connectivity index (χ1n) is 6.12. The minimum atomic E-state index is -0.409. The van der Waals surface area contributed by atoms with E-state index in [4.69, 9.17) is 23.2 Å². The Bertz CT molecular complexity index is 558. The Morgan fingerprint density at radius 1 is 1.21 bits per heavy atom. The molecule has 2 amide bonds. The Balaban J connectivity index is 1.93. The summed E-state index contributed by atoms with van der Waals surface area (Å²) in [4.78, 5) is 25.6. The third kappa shape index (κ3) is 2.42. The van der Waals surface area contributed by atoms with Gasteiger partial charge >= 0.3 is 0 Å². The van der Waals surface area contributed by atoms with Crippen molar-refractivity contribution in [2.45, 2.75) is 18.9 Å². The maximum atomic E-state index is 12.4. The first-order chi connectivity index (χ1) is 9.06. The monoisotopic (exact) mass is 298 g/mol. The van der Waals surface area contributed by atoms with Crippen molar-refractivity contribution < 1.29 is 9.59 Å². The second kappa shape index (κ2) is 4.69. The molecule has 19 heavy (non-hydrogen) atoms. The van der Waals surface area contributed by atoms with Gasteiger partial charge in [0.05, 0.1) is 10.7 Å². The van der Waals surface area contributed by atoms with Crippen molar-refractivity contribution in [2.24, 2.45) is 5.92 Å². The molecule has 0 aromatic heterocycles. The number of hydrogen-bond donors (Lipinski definition) is 1. The summed E-state index contributed by atoms with van der Waals surface area (Å²) in [5.41, 5.74) is 0.538. The molecule has 2 fully saturated rings. The van der Waals surface area contributed by atoms with Crippen molar-refractivity contribution in [2.75, 3.05) is 11.4 Å². The van der Waals surface area contributed by atoms with Crippen LogP contribution in [-0.4, -0.2) is 24.4 Å². The largest absolute Gasteiger partial charge is 0.342 e. The molecule has 1 saturated carbocycles. The Kier molecular flexibility index (Phi) is 3.15. The van der Waals surface area contributed by atoms with Crippen LogP contribution >= 0.6 is 23.2 Å². The van der Waals surface area contributed by atoms with Crippen LogP contribution in [0, 0.1) is 5.92 Å². The summed E-state index contributed by atoms with van der Waals surface area (Å²) in [6.45, 7) is 0.00338. The van der Waals surface area contributed by atoms with Gasteiger partial charge in [0.2, 0.25) is 11.8 Å². The summed E-state index contributed by atoms with van der Waals surface area (Å²) < 4.78 is 0. The Morgan fingerprint density at radius 2 is 1.95 bits per heavy atom. The SMILES string of the molecule is O=C1CN(c2ccc(Cl)cc2Cl)C(=O)C(C2CC2)N1. The van der Waals surface area contributed by atoms with Crippen LogP contribution in [0.2, 0.25) is 10.0 Å². The summed E-state index contributed by atoms with van der Waals surface area (Å²) in [6.07, 6.45) is 1.97. The predicted molar refractivity (Wildman–Crippen MR) is 73.5 cm³/mol. The molecule has 6 heteroatoms. The highest BCUT2D eigenvalue weighted by atomic mass is 35.5. The zero-order valence-corrected chi connectivity index (χ0v) is 11.5. The molecule has 1 heterocycles. The van der Waals surface area contributed by atoms with Gasteiger partial charge in [0.15, 0.2) is 0 Å². The molecule has 1 N–H and O–H groups in total. The lowest BCUT2D eigenvalue weighted by Crippen LogP contribution is -2.59. The highest BCUT2D eigenvalue weighted by Crippen LogP contribution is 2.36. The third-order valence-corrected chi connectivity index (χ3v) is 3.98. The van der Waals surface area contributed by atoms with Gasteiger partial charge in [0, 0.05) is 5.02 Å². The molecular weight excluding hydrogens is 287 g/mol. The standard InChI is InChI=1S/C13H12Cl2N2O2/c14-8-3-4-10(9(15)5-8)17-6-11(18)16-12(13(17)19)7-1-2-7/h3-5,7,12H,1-2,6H2,(H,16,18). The molecule has 4 nitrogen and oxygen atoms in total. The lowest BCUT2D eigenvalue weighted by Gasteiger charge is -2.33. The summed E-state index contributed by atoms with van der Waals surface area (Å²) in [5.74, 6) is 0.0270. The van der Waals surface area contributed by atoms with Crippen LogP contribution in [0.4, 0.5) is 5.69 Å². The topological polar surface area (TPSA) is 49.4 Å². The number of amides is 2. The van der Waals surface area contributed by atoms with Gasteiger partial charge in [0.25, 0.3) is 0 Å². The first-order valence-corrected chi connectivity index (χ1v) is 6.87. The average Bonchev–Trinajstić information content (AvgIpc) is 3.16. The van der Waals surface area contributed by atoms with Crippen LogP contribution < -0.4 is 10.2 Å². The number of hydrogen-bond acceptors (Lipinski definition) is 2. The van der Waals surface area contributed by atoms with Crippen LogP contribution in [0.3, 0.4) is 0 Å². The molecule has 100 valence electrons. The zero-order chi connectivity index (χ0) is 13.6. The third-order valence-electron chi connectivity index (χ3n) is 3.44. The number of piperazine rings is 1. The van der Waals surface area contributed by atoms with E-state index in [9.17, 15) is 9.59 Å². The predicted octanol–water partition coefficient (Wildman–Crippen LogP) is 2.23. The molecule has 0 radical (unpaired) electrons. The smallest absolute Gasteiger partial charge is 0.250 e. The van der Waals surface area contributed by atoms with E-state index in [2.05, 4.69) is 5.32 Å². The number of halogens is 2. The number of nitrogens with zero attached hydrogens (tertiary/aromatic N) is 1.